The number of nitrogens with zero attached hydrogens (tertiary/aromatic N) is 2. The van der Waals surface area contributed by atoms with Gasteiger partial charge in [0, 0.05) is 12.6 Å². The lowest BCUT2D eigenvalue weighted by molar-refractivity contribution is -0.384. The Morgan fingerprint density at radius 3 is 2.85 bits per heavy atom. The van der Waals surface area contributed by atoms with E-state index in [0.29, 0.717) is 17.9 Å². The highest BCUT2D eigenvalue weighted by atomic mass is 19.1. The van der Waals surface area contributed by atoms with Gasteiger partial charge in [-0.1, -0.05) is 6.07 Å². The van der Waals surface area contributed by atoms with Crippen LogP contribution in [0.4, 0.5) is 21.5 Å². The fourth-order valence-corrected chi connectivity index (χ4v) is 3.34. The Labute approximate surface area is 155 Å². The Morgan fingerprint density at radius 2 is 2.15 bits per heavy atom. The number of nitro benzene ring substituents is 1. The van der Waals surface area contributed by atoms with Gasteiger partial charge in [0.25, 0.3) is 5.69 Å². The maximum atomic E-state index is 14.4. The quantitative estimate of drug-likeness (QED) is 0.641. The molecule has 0 fully saturated rings. The van der Waals surface area contributed by atoms with Gasteiger partial charge in [-0.2, -0.15) is 0 Å². The minimum atomic E-state index is -0.538. The molecule has 0 radical (unpaired) electrons. The zero-order chi connectivity index (χ0) is 19.6. The van der Waals surface area contributed by atoms with Gasteiger partial charge in [-0.05, 0) is 43.0 Å². The molecule has 142 valence electrons. The summed E-state index contributed by atoms with van der Waals surface area (Å²) in [5, 5.41) is 13.6. The molecule has 0 spiro atoms. The Balaban J connectivity index is 1.78. The third kappa shape index (κ3) is 3.84. The average molecular weight is 373 g/mol. The number of hydrogen-bond acceptors (Lipinski definition) is 5. The van der Waals surface area contributed by atoms with Crippen molar-refractivity contribution >= 4 is 23.0 Å². The summed E-state index contributed by atoms with van der Waals surface area (Å²) in [4.78, 5) is 24.6. The van der Waals surface area contributed by atoms with Crippen LogP contribution in [0.1, 0.15) is 17.5 Å². The third-order valence-electron chi connectivity index (χ3n) is 4.64. The summed E-state index contributed by atoms with van der Waals surface area (Å²) in [5.74, 6) is -0.495. The molecule has 0 saturated carbocycles. The monoisotopic (exact) mass is 373 g/mol. The third-order valence-corrected chi connectivity index (χ3v) is 4.64. The molecule has 1 heterocycles. The number of non-ortho nitro benzene ring substituents is 1. The molecule has 3 rings (SSSR count). The van der Waals surface area contributed by atoms with E-state index in [-0.39, 0.29) is 29.7 Å². The van der Waals surface area contributed by atoms with Crippen LogP contribution in [0.25, 0.3) is 0 Å². The number of methoxy groups -OCH3 is 1. The van der Waals surface area contributed by atoms with Crippen LogP contribution in [0, 0.1) is 22.9 Å². The van der Waals surface area contributed by atoms with Crippen LogP contribution >= 0.6 is 0 Å². The van der Waals surface area contributed by atoms with Gasteiger partial charge in [0.1, 0.15) is 11.6 Å². The fourth-order valence-electron chi connectivity index (χ4n) is 3.34. The van der Waals surface area contributed by atoms with Crippen LogP contribution in [0.2, 0.25) is 0 Å². The number of carbonyl (C=O) groups is 1. The smallest absolute Gasteiger partial charge is 0.273 e. The number of anilines is 2. The van der Waals surface area contributed by atoms with E-state index in [9.17, 15) is 19.3 Å². The molecule has 0 saturated heterocycles. The van der Waals surface area contributed by atoms with E-state index in [0.717, 1.165) is 24.0 Å². The Hall–Kier alpha value is -3.16. The first kappa shape index (κ1) is 18.6. The molecule has 1 aliphatic heterocycles. The molecule has 0 atom stereocenters. The van der Waals surface area contributed by atoms with E-state index in [1.165, 1.54) is 31.4 Å². The van der Waals surface area contributed by atoms with E-state index in [1.54, 1.807) is 11.0 Å². The first-order chi connectivity index (χ1) is 12.9. The molecule has 27 heavy (non-hydrogen) atoms. The zero-order valence-corrected chi connectivity index (χ0v) is 15.1. The number of fused-ring (bicyclic) bond motifs is 1. The lowest BCUT2D eigenvalue weighted by Crippen LogP contribution is -2.37. The molecule has 2 aromatic rings. The van der Waals surface area contributed by atoms with Gasteiger partial charge >= 0.3 is 0 Å². The van der Waals surface area contributed by atoms with Crippen molar-refractivity contribution in [2.24, 2.45) is 0 Å². The van der Waals surface area contributed by atoms with Gasteiger partial charge in [-0.15, -0.1) is 0 Å². The van der Waals surface area contributed by atoms with E-state index in [4.69, 9.17) is 4.74 Å². The molecule has 0 bridgehead atoms. The average Bonchev–Trinajstić information content (AvgIpc) is 2.65. The molecule has 0 aliphatic carbocycles. The van der Waals surface area contributed by atoms with E-state index in [1.807, 2.05) is 6.92 Å². The van der Waals surface area contributed by atoms with Crippen molar-refractivity contribution in [1.82, 2.24) is 0 Å². The topological polar surface area (TPSA) is 84.7 Å². The van der Waals surface area contributed by atoms with Crippen LogP contribution < -0.4 is 15.0 Å². The molecule has 2 aromatic carbocycles. The van der Waals surface area contributed by atoms with Crippen molar-refractivity contribution in [2.75, 3.05) is 30.4 Å². The summed E-state index contributed by atoms with van der Waals surface area (Å²) in [6.45, 7) is 2.50. The first-order valence-electron chi connectivity index (χ1n) is 8.56. The number of ether oxygens (including phenoxy) is 1. The minimum Gasteiger partial charge on any atom is -0.494 e. The van der Waals surface area contributed by atoms with Crippen molar-refractivity contribution in [3.05, 3.63) is 57.4 Å². The van der Waals surface area contributed by atoms with Gasteiger partial charge in [0.05, 0.1) is 36.0 Å². The molecule has 0 unspecified atom stereocenters. The van der Waals surface area contributed by atoms with Crippen LogP contribution in [-0.4, -0.2) is 31.0 Å². The van der Waals surface area contributed by atoms with Crippen molar-refractivity contribution < 1.29 is 18.8 Å². The summed E-state index contributed by atoms with van der Waals surface area (Å²) >= 11 is 0. The van der Waals surface area contributed by atoms with Gasteiger partial charge in [-0.25, -0.2) is 4.39 Å². The highest BCUT2D eigenvalue weighted by molar-refractivity contribution is 5.95. The maximum Gasteiger partial charge on any atom is 0.273 e. The normalized spacial score (nSPS) is 13.1. The highest BCUT2D eigenvalue weighted by Gasteiger charge is 2.24. The fraction of sp³-hybridized carbons (Fsp3) is 0.316. The van der Waals surface area contributed by atoms with E-state index >= 15 is 0 Å². The van der Waals surface area contributed by atoms with Crippen LogP contribution in [0.5, 0.6) is 5.75 Å². The second-order valence-electron chi connectivity index (χ2n) is 6.41. The van der Waals surface area contributed by atoms with E-state index < -0.39 is 4.92 Å². The highest BCUT2D eigenvalue weighted by Crippen LogP contribution is 2.33. The van der Waals surface area contributed by atoms with Crippen LogP contribution in [0.15, 0.2) is 30.3 Å². The number of nitro groups is 1. The van der Waals surface area contributed by atoms with Crippen molar-refractivity contribution in [3.8, 4) is 5.75 Å². The van der Waals surface area contributed by atoms with Crippen LogP contribution in [-0.2, 0) is 11.2 Å². The summed E-state index contributed by atoms with van der Waals surface area (Å²) in [6, 6.07) is 7.12. The van der Waals surface area contributed by atoms with Crippen LogP contribution in [0.3, 0.4) is 0 Å². The molecular formula is C19H20FN3O4. The summed E-state index contributed by atoms with van der Waals surface area (Å²) in [5.41, 5.74) is 2.62. The number of rotatable bonds is 5. The van der Waals surface area contributed by atoms with E-state index in [2.05, 4.69) is 5.32 Å². The standard InChI is InChI=1S/C19H20FN3O4/c1-12-5-7-15(20)19-14(12)4-3-9-22(19)11-18(24)21-16-8-6-13(23(25)26)10-17(16)27-2/h5-8,10H,3-4,9,11H2,1-2H3,(H,21,24). The number of aryl methyl sites for hydroxylation is 1. The number of benzene rings is 2. The summed E-state index contributed by atoms with van der Waals surface area (Å²) < 4.78 is 19.5. The molecule has 0 aromatic heterocycles. The Kier molecular flexibility index (Phi) is 5.25. The van der Waals surface area contributed by atoms with Gasteiger partial charge in [0.15, 0.2) is 0 Å². The molecule has 7 nitrogen and oxygen atoms in total. The second-order valence-corrected chi connectivity index (χ2v) is 6.41. The number of halogens is 1. The Morgan fingerprint density at radius 1 is 1.37 bits per heavy atom. The van der Waals surface area contributed by atoms with Crippen molar-refractivity contribution in [3.63, 3.8) is 0 Å². The molecular weight excluding hydrogens is 353 g/mol. The second kappa shape index (κ2) is 7.61. The largest absolute Gasteiger partial charge is 0.494 e. The summed E-state index contributed by atoms with van der Waals surface area (Å²) in [7, 11) is 1.37. The predicted molar refractivity (Wildman–Crippen MR) is 99.9 cm³/mol. The minimum absolute atomic E-state index is 0.0203. The number of amides is 1. The summed E-state index contributed by atoms with van der Waals surface area (Å²) in [6.07, 6.45) is 1.62. The SMILES string of the molecule is COc1cc([N+](=O)[O-])ccc1NC(=O)CN1CCCc2c(C)ccc(F)c21. The molecule has 1 aliphatic rings. The predicted octanol–water partition coefficient (Wildman–Crippen LogP) is 3.44. The Bertz CT molecular complexity index is 901. The van der Waals surface area contributed by atoms with Gasteiger partial charge in [0.2, 0.25) is 5.91 Å². The maximum absolute atomic E-state index is 14.4. The molecule has 8 heteroatoms. The van der Waals surface area contributed by atoms with Crippen molar-refractivity contribution in [2.45, 2.75) is 19.8 Å². The zero-order valence-electron chi connectivity index (χ0n) is 15.1. The number of hydrogen-bond donors (Lipinski definition) is 1. The van der Waals surface area contributed by atoms with Gasteiger partial charge in [-0.3, -0.25) is 14.9 Å². The molecule has 1 amide bonds. The van der Waals surface area contributed by atoms with Crippen molar-refractivity contribution in [1.29, 1.82) is 0 Å². The lowest BCUT2D eigenvalue weighted by atomic mass is 9.96. The molecule has 1 N–H and O–H groups in total. The lowest BCUT2D eigenvalue weighted by Gasteiger charge is -2.32. The number of nitrogens with one attached hydrogen (secondary N) is 1. The first-order valence-corrected chi connectivity index (χ1v) is 8.56. The number of carbonyl (C=O) groups excluding carboxylic acids is 1. The van der Waals surface area contributed by atoms with Gasteiger partial charge < -0.3 is 15.0 Å².